The third-order valence-corrected chi connectivity index (χ3v) is 9.88. The van der Waals surface area contributed by atoms with Crippen molar-refractivity contribution in [3.63, 3.8) is 0 Å². The molecule has 3 N–H and O–H groups in total. The van der Waals surface area contributed by atoms with Crippen LogP contribution in [-0.4, -0.2) is 60.6 Å². The van der Waals surface area contributed by atoms with Crippen LogP contribution in [0.15, 0.2) is 24.3 Å². The number of hydrogen-bond donors (Lipinski definition) is 3. The highest BCUT2D eigenvalue weighted by Gasteiger charge is 2.57. The van der Waals surface area contributed by atoms with Gasteiger partial charge < -0.3 is 20.5 Å². The second-order valence-electron chi connectivity index (χ2n) is 12.5. The summed E-state index contributed by atoms with van der Waals surface area (Å²) in [5.41, 5.74) is 1.33. The number of nitrogens with zero attached hydrogens (tertiary/aromatic N) is 1. The molecular weight excluding hydrogens is 454 g/mol. The summed E-state index contributed by atoms with van der Waals surface area (Å²) in [6.45, 7) is 10.8. The summed E-state index contributed by atoms with van der Waals surface area (Å²) in [5, 5.41) is 19.6. The fourth-order valence-electron chi connectivity index (χ4n) is 7.26. The first-order valence-corrected chi connectivity index (χ1v) is 13.9. The fourth-order valence-corrected chi connectivity index (χ4v) is 7.26. The third kappa shape index (κ3) is 4.92. The van der Waals surface area contributed by atoms with E-state index >= 15 is 0 Å². The Hall–Kier alpha value is -1.67. The maximum atomic E-state index is 14.0. The molecule has 5 aliphatic rings. The van der Waals surface area contributed by atoms with Crippen molar-refractivity contribution in [2.24, 2.45) is 35.0 Å². The lowest BCUT2D eigenvalue weighted by Gasteiger charge is -2.62. The van der Waals surface area contributed by atoms with Crippen molar-refractivity contribution in [2.45, 2.75) is 84.2 Å². The lowest BCUT2D eigenvalue weighted by molar-refractivity contribution is -0.176. The summed E-state index contributed by atoms with van der Waals surface area (Å²) in [6, 6.07) is 7.45. The Morgan fingerprint density at radius 1 is 1.25 bits per heavy atom. The number of hydrogen-bond acceptors (Lipinski definition) is 6. The molecular formula is C29H45N3O4. The fraction of sp³-hybridized carbons (Fsp3) is 0.759. The van der Waals surface area contributed by atoms with E-state index in [9.17, 15) is 9.90 Å². The maximum absolute atomic E-state index is 14.0. The number of nitrogens with one attached hydrogen (secondary N) is 2. The van der Waals surface area contributed by atoms with Crippen LogP contribution in [0, 0.1) is 35.0 Å². The number of carbonyl (C=O) groups is 1. The Bertz CT molecular complexity index is 933. The third-order valence-electron chi connectivity index (χ3n) is 9.88. The van der Waals surface area contributed by atoms with E-state index in [0.717, 1.165) is 30.2 Å². The Kier molecular flexibility index (Phi) is 7.38. The van der Waals surface area contributed by atoms with Gasteiger partial charge in [0.1, 0.15) is 11.8 Å². The van der Waals surface area contributed by atoms with Gasteiger partial charge in [-0.15, -0.1) is 0 Å². The van der Waals surface area contributed by atoms with Crippen LogP contribution >= 0.6 is 0 Å². The van der Waals surface area contributed by atoms with Crippen molar-refractivity contribution >= 4 is 5.91 Å². The standard InChI is InChI=1S/C29H45N3O4/c1-17-22-12-21(29(22,3)4)13-23(17)31-28(34)27-26(18(2)33)25(15-30-14-19-10-11-19)36-32(27)16-20-8-6-7-9-24(20)35-5/h6-9,17-19,21-23,25-27,30,33H,10-16H2,1-5H3,(H,31,34)/t17-,18-,21+,22-,23-,25-,26+,27-/m0/s1. The Morgan fingerprint density at radius 3 is 2.64 bits per heavy atom. The molecule has 1 aromatic rings. The quantitative estimate of drug-likeness (QED) is 0.458. The minimum atomic E-state index is -0.674. The molecule has 7 nitrogen and oxygen atoms in total. The zero-order chi connectivity index (χ0) is 25.6. The lowest BCUT2D eigenvalue weighted by Crippen LogP contribution is -2.62. The van der Waals surface area contributed by atoms with Crippen LogP contribution in [0.25, 0.3) is 0 Å². The predicted molar refractivity (Wildman–Crippen MR) is 139 cm³/mol. The second kappa shape index (κ2) is 10.2. The Morgan fingerprint density at radius 2 is 2.00 bits per heavy atom. The lowest BCUT2D eigenvalue weighted by atomic mass is 9.45. The van der Waals surface area contributed by atoms with Crippen molar-refractivity contribution < 1.29 is 19.5 Å². The van der Waals surface area contributed by atoms with Crippen molar-refractivity contribution in [1.29, 1.82) is 0 Å². The van der Waals surface area contributed by atoms with E-state index in [2.05, 4.69) is 31.4 Å². The van der Waals surface area contributed by atoms with Gasteiger partial charge in [0.05, 0.1) is 25.9 Å². The van der Waals surface area contributed by atoms with Gasteiger partial charge in [-0.3, -0.25) is 9.63 Å². The Labute approximate surface area is 216 Å². The molecule has 1 heterocycles. The molecule has 8 atom stereocenters. The number of para-hydroxylation sites is 1. The van der Waals surface area contributed by atoms with Gasteiger partial charge in [0.15, 0.2) is 0 Å². The molecule has 200 valence electrons. The molecule has 6 rings (SSSR count). The van der Waals surface area contributed by atoms with E-state index in [4.69, 9.17) is 9.57 Å². The van der Waals surface area contributed by atoms with E-state index in [-0.39, 0.29) is 24.0 Å². The van der Waals surface area contributed by atoms with Crippen LogP contribution in [0.2, 0.25) is 0 Å². The first kappa shape index (κ1) is 26.0. The molecule has 0 aromatic heterocycles. The molecule has 1 saturated heterocycles. The number of amides is 1. The highest BCUT2D eigenvalue weighted by molar-refractivity contribution is 5.82. The monoisotopic (exact) mass is 499 g/mol. The van der Waals surface area contributed by atoms with Gasteiger partial charge in [-0.05, 0) is 74.3 Å². The average molecular weight is 500 g/mol. The zero-order valence-electron chi connectivity index (χ0n) is 22.6. The summed E-state index contributed by atoms with van der Waals surface area (Å²) in [5.74, 6) is 2.93. The molecule has 7 heteroatoms. The van der Waals surface area contributed by atoms with E-state index in [1.54, 1.807) is 19.1 Å². The number of benzene rings is 1. The van der Waals surface area contributed by atoms with Gasteiger partial charge in [0.25, 0.3) is 0 Å². The van der Waals surface area contributed by atoms with Crippen molar-refractivity contribution in [2.75, 3.05) is 20.2 Å². The van der Waals surface area contributed by atoms with E-state index in [1.165, 1.54) is 19.3 Å². The maximum Gasteiger partial charge on any atom is 0.240 e. The van der Waals surface area contributed by atoms with Crippen molar-refractivity contribution in [1.82, 2.24) is 15.7 Å². The smallest absolute Gasteiger partial charge is 0.240 e. The second-order valence-corrected chi connectivity index (χ2v) is 12.5. The summed E-state index contributed by atoms with van der Waals surface area (Å²) in [7, 11) is 1.66. The van der Waals surface area contributed by atoms with Crippen molar-refractivity contribution in [3.8, 4) is 5.75 Å². The average Bonchev–Trinajstić information content (AvgIpc) is 3.59. The van der Waals surface area contributed by atoms with Gasteiger partial charge in [-0.1, -0.05) is 39.0 Å². The molecule has 36 heavy (non-hydrogen) atoms. The van der Waals surface area contributed by atoms with Crippen LogP contribution in [0.5, 0.6) is 5.75 Å². The topological polar surface area (TPSA) is 83.1 Å². The number of fused-ring (bicyclic) bond motifs is 2. The first-order chi connectivity index (χ1) is 17.2. The summed E-state index contributed by atoms with van der Waals surface area (Å²) in [4.78, 5) is 20.4. The number of aliphatic hydroxyl groups excluding tert-OH is 1. The van der Waals surface area contributed by atoms with Gasteiger partial charge in [-0.25, -0.2) is 0 Å². The summed E-state index contributed by atoms with van der Waals surface area (Å²) >= 11 is 0. The normalized spacial score (nSPS) is 36.2. The first-order valence-electron chi connectivity index (χ1n) is 13.9. The number of aliphatic hydroxyl groups is 1. The van der Waals surface area contributed by atoms with Crippen molar-refractivity contribution in [3.05, 3.63) is 29.8 Å². The Balaban J connectivity index is 1.35. The number of hydroxylamine groups is 2. The molecule has 0 spiro atoms. The molecule has 2 bridgehead atoms. The molecule has 1 aromatic carbocycles. The summed E-state index contributed by atoms with van der Waals surface area (Å²) < 4.78 is 5.58. The molecule has 1 aliphatic heterocycles. The zero-order valence-corrected chi connectivity index (χ0v) is 22.6. The molecule has 0 unspecified atom stereocenters. The molecule has 0 radical (unpaired) electrons. The van der Waals surface area contributed by atoms with E-state index in [1.807, 2.05) is 24.3 Å². The van der Waals surface area contributed by atoms with Gasteiger partial charge in [-0.2, -0.15) is 5.06 Å². The minimum Gasteiger partial charge on any atom is -0.496 e. The number of rotatable bonds is 10. The van der Waals surface area contributed by atoms with Crippen LogP contribution in [0.4, 0.5) is 0 Å². The van der Waals surface area contributed by atoms with E-state index in [0.29, 0.717) is 36.3 Å². The number of ether oxygens (including phenoxy) is 1. The van der Waals surface area contributed by atoms with Crippen LogP contribution < -0.4 is 15.4 Å². The number of methoxy groups -OCH3 is 1. The molecule has 1 amide bonds. The largest absolute Gasteiger partial charge is 0.496 e. The highest BCUT2D eigenvalue weighted by Crippen LogP contribution is 2.61. The SMILES string of the molecule is COc1ccccc1CN1O[C@@H](CNCC2CC2)[C@@H]([C@H](C)O)[C@H]1C(=O)N[C@H]1C[C@H]2C[C@@H]([C@@H]1C)C2(C)C. The summed E-state index contributed by atoms with van der Waals surface area (Å²) in [6.07, 6.45) is 3.92. The van der Waals surface area contributed by atoms with Gasteiger partial charge in [0, 0.05) is 24.1 Å². The molecule has 5 fully saturated rings. The van der Waals surface area contributed by atoms with Crippen LogP contribution in [0.1, 0.15) is 58.9 Å². The molecule has 4 saturated carbocycles. The van der Waals surface area contributed by atoms with Crippen LogP contribution in [-0.2, 0) is 16.2 Å². The highest BCUT2D eigenvalue weighted by atomic mass is 16.7. The van der Waals surface area contributed by atoms with Gasteiger partial charge in [0.2, 0.25) is 5.91 Å². The predicted octanol–water partition coefficient (Wildman–Crippen LogP) is 3.36. The van der Waals surface area contributed by atoms with Gasteiger partial charge >= 0.3 is 0 Å². The minimum absolute atomic E-state index is 0.0311. The van der Waals surface area contributed by atoms with Crippen LogP contribution in [0.3, 0.4) is 0 Å². The number of carbonyl (C=O) groups excluding carboxylic acids is 1. The molecule has 4 aliphatic carbocycles. The van der Waals surface area contributed by atoms with E-state index < -0.39 is 12.1 Å².